The molecule has 0 aromatic heterocycles. The Balaban J connectivity index is 3.46. The molecule has 1 amide bonds. The standard InChI is InChI=1S/C80H145NO3/c1-3-5-7-9-11-13-15-17-19-21-23-25-27-29-31-33-35-36-37-38-39-40-41-42-43-44-46-48-50-52-54-56-58-60-62-64-66-68-70-72-74-76-80(84)81-78(77-82)79(83)75-73-71-69-67-65-63-61-59-57-55-53-51-49-47-45-34-32-30-28-26-24-22-20-18-16-14-12-10-8-6-4-2/h5,7,11,13,17,19,23,25,29,31,35-36,65,67,73,75,78-79,82-83H,3-4,6,8-10,12,14-16,18,20-22,24,26-28,30,32-34,37-64,66,68-72,74,76-77H2,1-2H3,(H,81,84)/b7-5-,13-11-,19-17-,25-23-,31-29-,36-35-,67-65+,75-73+. The maximum Gasteiger partial charge on any atom is 0.220 e. The minimum atomic E-state index is -0.867. The molecule has 0 radical (unpaired) electrons. The number of unbranched alkanes of at least 4 members (excludes halogenated alkanes) is 48. The van der Waals surface area contributed by atoms with Crippen LogP contribution in [0.2, 0.25) is 0 Å². The fourth-order valence-corrected chi connectivity index (χ4v) is 11.4. The molecule has 0 saturated carbocycles. The third kappa shape index (κ3) is 70.1. The van der Waals surface area contributed by atoms with Crippen LogP contribution in [0.15, 0.2) is 97.2 Å². The van der Waals surface area contributed by atoms with Gasteiger partial charge in [0.15, 0.2) is 0 Å². The zero-order valence-electron chi connectivity index (χ0n) is 56.4. The van der Waals surface area contributed by atoms with Gasteiger partial charge < -0.3 is 15.5 Å². The molecule has 4 nitrogen and oxygen atoms in total. The Hall–Kier alpha value is -2.69. The van der Waals surface area contributed by atoms with Gasteiger partial charge in [-0.05, 0) is 83.5 Å². The topological polar surface area (TPSA) is 69.6 Å². The van der Waals surface area contributed by atoms with Crippen LogP contribution >= 0.6 is 0 Å². The van der Waals surface area contributed by atoms with Gasteiger partial charge in [0.05, 0.1) is 18.8 Å². The Morgan fingerprint density at radius 1 is 0.298 bits per heavy atom. The van der Waals surface area contributed by atoms with Crippen molar-refractivity contribution in [3.63, 3.8) is 0 Å². The molecular formula is C80H145NO3. The quantitative estimate of drug-likeness (QED) is 0.0420. The lowest BCUT2D eigenvalue weighted by Gasteiger charge is -2.19. The second-order valence-corrected chi connectivity index (χ2v) is 25.3. The highest BCUT2D eigenvalue weighted by molar-refractivity contribution is 5.76. The second-order valence-electron chi connectivity index (χ2n) is 25.3. The van der Waals surface area contributed by atoms with Gasteiger partial charge in [0.25, 0.3) is 0 Å². The molecule has 0 aliphatic carbocycles. The second kappa shape index (κ2) is 74.6. The van der Waals surface area contributed by atoms with Gasteiger partial charge in [0, 0.05) is 6.42 Å². The fraction of sp³-hybridized carbons (Fsp3) is 0.787. The number of nitrogens with one attached hydrogen (secondary N) is 1. The summed E-state index contributed by atoms with van der Waals surface area (Å²) in [5.74, 6) is -0.0685. The molecule has 0 spiro atoms. The molecule has 0 aliphatic heterocycles. The van der Waals surface area contributed by atoms with E-state index in [0.29, 0.717) is 6.42 Å². The van der Waals surface area contributed by atoms with Gasteiger partial charge in [-0.3, -0.25) is 4.79 Å². The average Bonchev–Trinajstić information content (AvgIpc) is 3.51. The summed E-state index contributed by atoms with van der Waals surface area (Å²) in [6.07, 6.45) is 111. The first kappa shape index (κ1) is 81.3. The lowest BCUT2D eigenvalue weighted by Crippen LogP contribution is -2.45. The van der Waals surface area contributed by atoms with E-state index in [1.165, 1.54) is 295 Å². The number of aliphatic hydroxyl groups excluding tert-OH is 2. The monoisotopic (exact) mass is 1170 g/mol. The van der Waals surface area contributed by atoms with Crippen molar-refractivity contribution in [3.05, 3.63) is 97.2 Å². The van der Waals surface area contributed by atoms with Gasteiger partial charge in [-0.2, -0.15) is 0 Å². The first-order chi connectivity index (χ1) is 41.7. The summed E-state index contributed by atoms with van der Waals surface area (Å²) in [5, 5.41) is 23.3. The van der Waals surface area contributed by atoms with Crippen molar-refractivity contribution in [2.45, 2.75) is 398 Å². The molecule has 3 N–H and O–H groups in total. The third-order valence-corrected chi connectivity index (χ3v) is 17.1. The molecule has 4 heteroatoms. The number of aliphatic hydroxyl groups is 2. The molecule has 84 heavy (non-hydrogen) atoms. The van der Waals surface area contributed by atoms with E-state index in [-0.39, 0.29) is 12.5 Å². The largest absolute Gasteiger partial charge is 0.394 e. The maximum absolute atomic E-state index is 12.6. The molecule has 2 atom stereocenters. The highest BCUT2D eigenvalue weighted by Crippen LogP contribution is 2.19. The first-order valence-corrected chi connectivity index (χ1v) is 37.5. The molecule has 0 rings (SSSR count). The summed E-state index contributed by atoms with van der Waals surface area (Å²) >= 11 is 0. The van der Waals surface area contributed by atoms with E-state index in [4.69, 9.17) is 0 Å². The number of carbonyl (C=O) groups excluding carboxylic acids is 1. The summed E-state index contributed by atoms with van der Waals surface area (Å²) in [6.45, 7) is 4.22. The number of carbonyl (C=O) groups is 1. The molecule has 488 valence electrons. The molecule has 0 fully saturated rings. The molecule has 0 bridgehead atoms. The van der Waals surface area contributed by atoms with Crippen LogP contribution in [0.4, 0.5) is 0 Å². The van der Waals surface area contributed by atoms with Gasteiger partial charge in [-0.25, -0.2) is 0 Å². The summed E-state index contributed by atoms with van der Waals surface area (Å²) in [4.78, 5) is 12.6. The normalized spacial score (nSPS) is 13.2. The van der Waals surface area contributed by atoms with E-state index >= 15 is 0 Å². The van der Waals surface area contributed by atoms with Crippen LogP contribution in [0.3, 0.4) is 0 Å². The van der Waals surface area contributed by atoms with Gasteiger partial charge >= 0.3 is 0 Å². The maximum atomic E-state index is 12.6. The van der Waals surface area contributed by atoms with Crippen LogP contribution in [0.1, 0.15) is 386 Å². The minimum absolute atomic E-state index is 0.0685. The molecule has 2 unspecified atom stereocenters. The molecule has 0 aromatic rings. The molecule has 0 aliphatic rings. The van der Waals surface area contributed by atoms with Crippen molar-refractivity contribution in [1.82, 2.24) is 5.32 Å². The fourth-order valence-electron chi connectivity index (χ4n) is 11.4. The lowest BCUT2D eigenvalue weighted by atomic mass is 10.0. The van der Waals surface area contributed by atoms with Crippen molar-refractivity contribution < 1.29 is 15.0 Å². The van der Waals surface area contributed by atoms with Crippen LogP contribution in [0, 0.1) is 0 Å². The van der Waals surface area contributed by atoms with Crippen LogP contribution in [-0.2, 0) is 4.79 Å². The van der Waals surface area contributed by atoms with Crippen molar-refractivity contribution in [2.75, 3.05) is 6.61 Å². The van der Waals surface area contributed by atoms with Crippen LogP contribution in [0.5, 0.6) is 0 Å². The first-order valence-electron chi connectivity index (χ1n) is 37.5. The predicted molar refractivity (Wildman–Crippen MR) is 377 cm³/mol. The third-order valence-electron chi connectivity index (χ3n) is 17.1. The van der Waals surface area contributed by atoms with Crippen LogP contribution in [-0.4, -0.2) is 34.9 Å². The van der Waals surface area contributed by atoms with Gasteiger partial charge in [0.1, 0.15) is 0 Å². The van der Waals surface area contributed by atoms with E-state index in [9.17, 15) is 15.0 Å². The lowest BCUT2D eigenvalue weighted by molar-refractivity contribution is -0.123. The van der Waals surface area contributed by atoms with Gasteiger partial charge in [0.2, 0.25) is 5.91 Å². The molecule has 0 aromatic carbocycles. The summed E-state index contributed by atoms with van der Waals surface area (Å²) in [5.41, 5.74) is 0. The van der Waals surface area contributed by atoms with Crippen molar-refractivity contribution in [3.8, 4) is 0 Å². The Kier molecular flexibility index (Phi) is 72.2. The number of allylic oxidation sites excluding steroid dienone is 15. The number of hydrogen-bond acceptors (Lipinski definition) is 3. The van der Waals surface area contributed by atoms with Crippen molar-refractivity contribution in [2.24, 2.45) is 0 Å². The van der Waals surface area contributed by atoms with Crippen molar-refractivity contribution >= 4 is 5.91 Å². The zero-order chi connectivity index (χ0) is 60.5. The smallest absolute Gasteiger partial charge is 0.220 e. The van der Waals surface area contributed by atoms with E-state index in [1.54, 1.807) is 6.08 Å². The Labute approximate surface area is 525 Å². The number of amides is 1. The van der Waals surface area contributed by atoms with Gasteiger partial charge in [-0.15, -0.1) is 0 Å². The van der Waals surface area contributed by atoms with E-state index in [1.807, 2.05) is 6.08 Å². The number of rotatable bonds is 69. The molecular weight excluding hydrogens is 1020 g/mol. The highest BCUT2D eigenvalue weighted by atomic mass is 16.3. The van der Waals surface area contributed by atoms with Crippen LogP contribution < -0.4 is 5.32 Å². The van der Waals surface area contributed by atoms with Gasteiger partial charge in [-0.1, -0.05) is 394 Å². The highest BCUT2D eigenvalue weighted by Gasteiger charge is 2.18. The average molecular weight is 1170 g/mol. The Morgan fingerprint density at radius 3 is 0.833 bits per heavy atom. The minimum Gasteiger partial charge on any atom is -0.394 e. The molecule has 0 heterocycles. The Bertz CT molecular complexity index is 1520. The Morgan fingerprint density at radius 2 is 0.536 bits per heavy atom. The van der Waals surface area contributed by atoms with Crippen molar-refractivity contribution in [1.29, 1.82) is 0 Å². The van der Waals surface area contributed by atoms with E-state index in [2.05, 4.69) is 104 Å². The van der Waals surface area contributed by atoms with Crippen LogP contribution in [0.25, 0.3) is 0 Å². The predicted octanol–water partition coefficient (Wildman–Crippen LogP) is 25.9. The zero-order valence-corrected chi connectivity index (χ0v) is 56.4. The summed E-state index contributed by atoms with van der Waals surface area (Å²) < 4.78 is 0. The summed E-state index contributed by atoms with van der Waals surface area (Å²) in [6, 6.07) is -0.643. The van der Waals surface area contributed by atoms with E-state index in [0.717, 1.165) is 70.6 Å². The summed E-state index contributed by atoms with van der Waals surface area (Å²) in [7, 11) is 0. The SMILES string of the molecule is CC/C=C\C/C=C\C/C=C\C/C=C\C/C=C\C/C=C\CCCCCCCCCCCCCCCCCCCCCCCCC(=O)NC(CO)C(O)/C=C/CC/C=C/CCCCCCCCCCCCCCCCCCCCCCCCCCC. The number of hydrogen-bond donors (Lipinski definition) is 3. The van der Waals surface area contributed by atoms with E-state index < -0.39 is 12.1 Å². The molecule has 0 saturated heterocycles.